The minimum atomic E-state index is 0.00876. The van der Waals surface area contributed by atoms with Gasteiger partial charge in [0, 0.05) is 0 Å². The van der Waals surface area contributed by atoms with Gasteiger partial charge in [-0.25, -0.2) is 4.98 Å². The lowest BCUT2D eigenvalue weighted by molar-refractivity contribution is -0.115. The fraction of sp³-hybridized carbons (Fsp3) is 0.333. The number of hydrogen-bond donors (Lipinski definition) is 1. The topological polar surface area (TPSA) is 42.0 Å². The first-order chi connectivity index (χ1) is 10.7. The predicted molar refractivity (Wildman–Crippen MR) is 91.4 cm³/mol. The molecule has 1 aromatic heterocycles. The molecule has 0 radical (unpaired) electrons. The summed E-state index contributed by atoms with van der Waals surface area (Å²) < 4.78 is 0. The Morgan fingerprint density at radius 3 is 2.73 bits per heavy atom. The van der Waals surface area contributed by atoms with Crippen molar-refractivity contribution in [2.75, 3.05) is 11.6 Å². The van der Waals surface area contributed by atoms with Crippen LogP contribution in [0, 0.1) is 0 Å². The third-order valence-corrected chi connectivity index (χ3v) is 4.67. The molecule has 4 heteroatoms. The summed E-state index contributed by atoms with van der Waals surface area (Å²) in [7, 11) is 0. The number of nitrogens with one attached hydrogen (secondary N) is 1. The number of rotatable bonds is 4. The van der Waals surface area contributed by atoms with E-state index in [9.17, 15) is 4.79 Å². The maximum absolute atomic E-state index is 12.2. The molecule has 1 heterocycles. The largest absolute Gasteiger partial charge is 0.324 e. The number of nitrogens with zero attached hydrogens (tertiary/aromatic N) is 1. The summed E-state index contributed by atoms with van der Waals surface area (Å²) in [5.41, 5.74) is 4.71. The highest BCUT2D eigenvalue weighted by Crippen LogP contribution is 2.22. The first-order valence-electron chi connectivity index (χ1n) is 7.65. The van der Waals surface area contributed by atoms with Gasteiger partial charge in [0.05, 0.1) is 23.3 Å². The van der Waals surface area contributed by atoms with Gasteiger partial charge >= 0.3 is 0 Å². The summed E-state index contributed by atoms with van der Waals surface area (Å²) in [6.07, 6.45) is 8.97. The molecule has 1 aliphatic rings. The first-order valence-corrected chi connectivity index (χ1v) is 8.87. The van der Waals surface area contributed by atoms with Gasteiger partial charge < -0.3 is 5.32 Å². The summed E-state index contributed by atoms with van der Waals surface area (Å²) in [5, 5.41) is 3.86. The van der Waals surface area contributed by atoms with Crippen LogP contribution >= 0.6 is 11.8 Å². The zero-order valence-corrected chi connectivity index (χ0v) is 13.6. The van der Waals surface area contributed by atoms with E-state index in [1.807, 2.05) is 18.4 Å². The van der Waals surface area contributed by atoms with Crippen LogP contribution in [0.25, 0.3) is 0 Å². The van der Waals surface area contributed by atoms with Crippen molar-refractivity contribution in [2.45, 2.75) is 37.1 Å². The number of fused-ring (bicyclic) bond motifs is 1. The van der Waals surface area contributed by atoms with Crippen molar-refractivity contribution in [3.05, 3.63) is 53.2 Å². The van der Waals surface area contributed by atoms with Gasteiger partial charge in [0.1, 0.15) is 0 Å². The lowest BCUT2D eigenvalue weighted by Crippen LogP contribution is -2.15. The molecule has 0 fully saturated rings. The summed E-state index contributed by atoms with van der Waals surface area (Å²) in [4.78, 5) is 16.4. The summed E-state index contributed by atoms with van der Waals surface area (Å²) in [6.45, 7) is 0. The molecule has 0 aliphatic heterocycles. The molecule has 3 rings (SSSR count). The van der Waals surface area contributed by atoms with Gasteiger partial charge in [-0.05, 0) is 60.8 Å². The summed E-state index contributed by atoms with van der Waals surface area (Å²) in [5.74, 6) is 0.00876. The van der Waals surface area contributed by atoms with Crippen molar-refractivity contribution in [1.82, 2.24) is 4.98 Å². The van der Waals surface area contributed by atoms with E-state index in [0.29, 0.717) is 6.42 Å². The van der Waals surface area contributed by atoms with Gasteiger partial charge in [-0.2, -0.15) is 0 Å². The Hall–Kier alpha value is -1.81. The zero-order chi connectivity index (χ0) is 15.4. The Morgan fingerprint density at radius 1 is 1.18 bits per heavy atom. The number of carbonyl (C=O) groups excluding carboxylic acids is 1. The molecule has 0 bridgehead atoms. The summed E-state index contributed by atoms with van der Waals surface area (Å²) >= 11 is 1.59. The SMILES string of the molecule is CSc1ccc(NC(=O)Cc2ccc3c(c2)CCCC3)cn1. The Morgan fingerprint density at radius 2 is 2.00 bits per heavy atom. The molecule has 22 heavy (non-hydrogen) atoms. The highest BCUT2D eigenvalue weighted by molar-refractivity contribution is 7.98. The highest BCUT2D eigenvalue weighted by atomic mass is 32.2. The molecule has 1 N–H and O–H groups in total. The van der Waals surface area contributed by atoms with Gasteiger partial charge in [-0.3, -0.25) is 4.79 Å². The zero-order valence-electron chi connectivity index (χ0n) is 12.8. The standard InChI is InChI=1S/C18H20N2OS/c1-22-18-9-8-16(12-19-18)20-17(21)11-13-6-7-14-4-2-3-5-15(14)10-13/h6-10,12H,2-5,11H2,1H3,(H,20,21). The number of benzene rings is 1. The Balaban J connectivity index is 1.63. The molecule has 0 saturated heterocycles. The molecule has 2 aromatic rings. The van der Waals surface area contributed by atoms with Crippen LogP contribution in [0.3, 0.4) is 0 Å². The van der Waals surface area contributed by atoms with Crippen molar-refractivity contribution in [3.8, 4) is 0 Å². The molecule has 3 nitrogen and oxygen atoms in total. The molecular formula is C18H20N2OS. The van der Waals surface area contributed by atoms with Crippen LogP contribution in [0.1, 0.15) is 29.5 Å². The quantitative estimate of drug-likeness (QED) is 0.872. The molecule has 1 amide bonds. The maximum atomic E-state index is 12.2. The fourth-order valence-corrected chi connectivity index (χ4v) is 3.22. The Bertz CT molecular complexity index is 667. The van der Waals surface area contributed by atoms with Crippen molar-refractivity contribution in [2.24, 2.45) is 0 Å². The maximum Gasteiger partial charge on any atom is 0.228 e. The van der Waals surface area contributed by atoms with E-state index in [-0.39, 0.29) is 5.91 Å². The number of thioether (sulfide) groups is 1. The average molecular weight is 312 g/mol. The van der Waals surface area contributed by atoms with Crippen molar-refractivity contribution in [1.29, 1.82) is 0 Å². The van der Waals surface area contributed by atoms with Crippen LogP contribution in [0.2, 0.25) is 0 Å². The number of amides is 1. The van der Waals surface area contributed by atoms with E-state index in [2.05, 4.69) is 28.5 Å². The van der Waals surface area contributed by atoms with Gasteiger partial charge in [0.15, 0.2) is 0 Å². The van der Waals surface area contributed by atoms with Gasteiger partial charge in [-0.1, -0.05) is 18.2 Å². The van der Waals surface area contributed by atoms with Crippen LogP contribution in [0.5, 0.6) is 0 Å². The Labute approximate surface area is 135 Å². The van der Waals surface area contributed by atoms with E-state index >= 15 is 0 Å². The second-order valence-electron chi connectivity index (χ2n) is 5.62. The second-order valence-corrected chi connectivity index (χ2v) is 6.45. The van der Waals surface area contributed by atoms with Crippen LogP contribution in [0.4, 0.5) is 5.69 Å². The van der Waals surface area contributed by atoms with E-state index < -0.39 is 0 Å². The van der Waals surface area contributed by atoms with E-state index in [1.54, 1.807) is 18.0 Å². The van der Waals surface area contributed by atoms with Gasteiger partial charge in [0.25, 0.3) is 0 Å². The van der Waals surface area contributed by atoms with E-state index in [4.69, 9.17) is 0 Å². The third-order valence-electron chi connectivity index (χ3n) is 4.01. The normalized spacial score (nSPS) is 13.5. The van der Waals surface area contributed by atoms with Crippen LogP contribution in [-0.4, -0.2) is 17.1 Å². The number of aryl methyl sites for hydroxylation is 2. The van der Waals surface area contributed by atoms with Crippen molar-refractivity contribution >= 4 is 23.4 Å². The Kier molecular flexibility index (Phi) is 4.78. The van der Waals surface area contributed by atoms with Crippen LogP contribution in [0.15, 0.2) is 41.6 Å². The molecule has 0 atom stereocenters. The second kappa shape index (κ2) is 6.97. The molecule has 1 aromatic carbocycles. The minimum absolute atomic E-state index is 0.00876. The smallest absolute Gasteiger partial charge is 0.228 e. The molecule has 0 unspecified atom stereocenters. The predicted octanol–water partition coefficient (Wildman–Crippen LogP) is 3.86. The lowest BCUT2D eigenvalue weighted by Gasteiger charge is -2.16. The van der Waals surface area contributed by atoms with E-state index in [1.165, 1.54) is 30.4 Å². The number of carbonyl (C=O) groups is 1. The van der Waals surface area contributed by atoms with Crippen molar-refractivity contribution < 1.29 is 4.79 Å². The number of pyridine rings is 1. The van der Waals surface area contributed by atoms with Crippen LogP contribution < -0.4 is 5.32 Å². The first kappa shape index (κ1) is 15.1. The highest BCUT2D eigenvalue weighted by Gasteiger charge is 2.11. The molecule has 1 aliphatic carbocycles. The molecule has 0 spiro atoms. The lowest BCUT2D eigenvalue weighted by atomic mass is 9.90. The van der Waals surface area contributed by atoms with Crippen molar-refractivity contribution in [3.63, 3.8) is 0 Å². The molecule has 0 saturated carbocycles. The van der Waals surface area contributed by atoms with E-state index in [0.717, 1.165) is 22.7 Å². The monoisotopic (exact) mass is 312 g/mol. The fourth-order valence-electron chi connectivity index (χ4n) is 2.86. The minimum Gasteiger partial charge on any atom is -0.324 e. The number of aromatic nitrogens is 1. The number of anilines is 1. The van der Waals surface area contributed by atoms with Gasteiger partial charge in [-0.15, -0.1) is 11.8 Å². The number of hydrogen-bond acceptors (Lipinski definition) is 3. The third kappa shape index (κ3) is 3.69. The molecular weight excluding hydrogens is 292 g/mol. The molecule has 114 valence electrons. The van der Waals surface area contributed by atoms with Crippen LogP contribution in [-0.2, 0) is 24.1 Å². The average Bonchev–Trinajstić information content (AvgIpc) is 2.55. The summed E-state index contributed by atoms with van der Waals surface area (Å²) in [6, 6.07) is 10.3. The van der Waals surface area contributed by atoms with Gasteiger partial charge in [0.2, 0.25) is 5.91 Å².